The van der Waals surface area contributed by atoms with Gasteiger partial charge in [0.2, 0.25) is 5.43 Å². The van der Waals surface area contributed by atoms with E-state index < -0.39 is 0 Å². The molecule has 1 atom stereocenters. The molecule has 102 valence electrons. The van der Waals surface area contributed by atoms with Crippen LogP contribution in [-0.2, 0) is 17.8 Å². The van der Waals surface area contributed by atoms with Crippen LogP contribution in [0.15, 0.2) is 9.95 Å². The molecule has 0 saturated carbocycles. The van der Waals surface area contributed by atoms with E-state index in [1.165, 1.54) is 11.8 Å². The van der Waals surface area contributed by atoms with Crippen molar-refractivity contribution in [1.29, 1.82) is 0 Å². The molecule has 1 unspecified atom stereocenters. The van der Waals surface area contributed by atoms with Crippen molar-refractivity contribution >= 4 is 33.4 Å². The summed E-state index contributed by atoms with van der Waals surface area (Å²) in [4.78, 5) is 21.9. The van der Waals surface area contributed by atoms with Crippen LogP contribution in [0.4, 0.5) is 0 Å². The lowest BCUT2D eigenvalue weighted by atomic mass is 9.91. The zero-order valence-corrected chi connectivity index (χ0v) is 12.8. The number of rotatable bonds is 2. The van der Waals surface area contributed by atoms with Gasteiger partial charge in [0.1, 0.15) is 10.3 Å². The van der Waals surface area contributed by atoms with Crippen LogP contribution in [0.5, 0.6) is 0 Å². The van der Waals surface area contributed by atoms with Crippen molar-refractivity contribution in [1.82, 2.24) is 9.97 Å². The van der Waals surface area contributed by atoms with Gasteiger partial charge in [0, 0.05) is 16.9 Å². The summed E-state index contributed by atoms with van der Waals surface area (Å²) in [6.45, 7) is 4.70. The molecule has 0 radical (unpaired) electrons. The lowest BCUT2D eigenvalue weighted by Crippen LogP contribution is -2.37. The van der Waals surface area contributed by atoms with Crippen molar-refractivity contribution in [3.05, 3.63) is 20.7 Å². The molecule has 0 spiro atoms. The number of aromatic amines is 1. The van der Waals surface area contributed by atoms with Crippen molar-refractivity contribution in [2.45, 2.75) is 44.1 Å². The number of hydrogen-bond donors (Lipinski definition) is 1. The Balaban J connectivity index is 2.19. The molecule has 19 heavy (non-hydrogen) atoms. The molecule has 3 rings (SSSR count). The summed E-state index contributed by atoms with van der Waals surface area (Å²) in [6.07, 6.45) is 3.55. The van der Waals surface area contributed by atoms with Crippen LogP contribution in [0.25, 0.3) is 10.3 Å². The van der Waals surface area contributed by atoms with Gasteiger partial charge in [-0.1, -0.05) is 18.7 Å². The molecule has 4 nitrogen and oxygen atoms in total. The molecule has 3 heterocycles. The fourth-order valence-corrected chi connectivity index (χ4v) is 3.77. The second-order valence-electron chi connectivity index (χ2n) is 5.03. The third-order valence-corrected chi connectivity index (χ3v) is 5.43. The van der Waals surface area contributed by atoms with Crippen LogP contribution < -0.4 is 5.43 Å². The Bertz CT molecular complexity index is 692. The molecule has 6 heteroatoms. The molecule has 0 fully saturated rings. The monoisotopic (exact) mass is 296 g/mol. The minimum Gasteiger partial charge on any atom is -0.369 e. The van der Waals surface area contributed by atoms with E-state index in [2.05, 4.69) is 23.8 Å². The van der Waals surface area contributed by atoms with E-state index in [4.69, 9.17) is 4.74 Å². The van der Waals surface area contributed by atoms with E-state index in [-0.39, 0.29) is 11.0 Å². The summed E-state index contributed by atoms with van der Waals surface area (Å²) in [7, 11) is 0. The maximum absolute atomic E-state index is 12.6. The zero-order valence-electron chi connectivity index (χ0n) is 11.2. The number of hydrogen-bond acceptors (Lipinski definition) is 5. The highest BCUT2D eigenvalue weighted by atomic mass is 32.2. The van der Waals surface area contributed by atoms with Crippen molar-refractivity contribution in [2.75, 3.05) is 6.26 Å². The summed E-state index contributed by atoms with van der Waals surface area (Å²) < 4.78 is 5.91. The van der Waals surface area contributed by atoms with Gasteiger partial charge in [-0.05, 0) is 19.6 Å². The van der Waals surface area contributed by atoms with Crippen LogP contribution in [0.1, 0.15) is 30.7 Å². The molecule has 0 saturated heterocycles. The molecule has 0 amide bonds. The van der Waals surface area contributed by atoms with Gasteiger partial charge in [0.25, 0.3) is 0 Å². The lowest BCUT2D eigenvalue weighted by molar-refractivity contribution is -0.0550. The Morgan fingerprint density at radius 3 is 3.05 bits per heavy atom. The normalized spacial score (nSPS) is 22.7. The number of fused-ring (bicyclic) bond motifs is 2. The van der Waals surface area contributed by atoms with Gasteiger partial charge in [0.15, 0.2) is 5.16 Å². The van der Waals surface area contributed by atoms with E-state index in [1.54, 1.807) is 11.3 Å². The fourth-order valence-electron chi connectivity index (χ4n) is 2.30. The molecule has 1 aliphatic heterocycles. The van der Waals surface area contributed by atoms with Crippen molar-refractivity contribution in [3.8, 4) is 0 Å². The number of nitrogens with one attached hydrogen (secondary N) is 1. The van der Waals surface area contributed by atoms with E-state index in [9.17, 15) is 4.79 Å². The minimum absolute atomic E-state index is 0.0968. The Kier molecular flexibility index (Phi) is 3.19. The minimum atomic E-state index is -0.213. The highest BCUT2D eigenvalue weighted by molar-refractivity contribution is 7.98. The van der Waals surface area contributed by atoms with Gasteiger partial charge in [-0.3, -0.25) is 4.79 Å². The summed E-state index contributed by atoms with van der Waals surface area (Å²) in [5.41, 5.74) is 1.44. The second-order valence-corrected chi connectivity index (χ2v) is 6.91. The zero-order chi connectivity index (χ0) is 13.6. The van der Waals surface area contributed by atoms with Crippen LogP contribution in [0.2, 0.25) is 0 Å². The predicted octanol–water partition coefficient (Wildman–Crippen LogP) is 2.95. The average Bonchev–Trinajstić information content (AvgIpc) is 2.83. The number of ether oxygens (including phenoxy) is 1. The maximum atomic E-state index is 12.6. The van der Waals surface area contributed by atoms with Gasteiger partial charge >= 0.3 is 0 Å². The van der Waals surface area contributed by atoms with Crippen molar-refractivity contribution in [3.63, 3.8) is 0 Å². The van der Waals surface area contributed by atoms with E-state index in [0.29, 0.717) is 18.5 Å². The van der Waals surface area contributed by atoms with Gasteiger partial charge in [0.05, 0.1) is 12.2 Å². The van der Waals surface area contributed by atoms with Crippen LogP contribution in [0.3, 0.4) is 0 Å². The molecule has 0 aromatic carbocycles. The third-order valence-electron chi connectivity index (χ3n) is 3.75. The Morgan fingerprint density at radius 2 is 2.37 bits per heavy atom. The second kappa shape index (κ2) is 4.61. The van der Waals surface area contributed by atoms with Gasteiger partial charge < -0.3 is 9.72 Å². The summed E-state index contributed by atoms with van der Waals surface area (Å²) in [5, 5.41) is 0.796. The van der Waals surface area contributed by atoms with E-state index >= 15 is 0 Å². The first-order chi connectivity index (χ1) is 9.06. The maximum Gasteiger partial charge on any atom is 0.209 e. The number of H-pyrrole nitrogens is 1. The highest BCUT2D eigenvalue weighted by Crippen LogP contribution is 2.33. The molecule has 1 aliphatic rings. The Labute approximate surface area is 119 Å². The van der Waals surface area contributed by atoms with Crippen molar-refractivity contribution < 1.29 is 4.74 Å². The topological polar surface area (TPSA) is 55.0 Å². The molecule has 1 N–H and O–H groups in total. The summed E-state index contributed by atoms with van der Waals surface area (Å²) in [6, 6.07) is 0. The first kappa shape index (κ1) is 13.1. The smallest absolute Gasteiger partial charge is 0.209 e. The third kappa shape index (κ3) is 2.11. The molecule has 0 bridgehead atoms. The number of imidazole rings is 1. The standard InChI is InChI=1S/C13H16N2O2S2/c1-4-13(2)5-7-8(6-17-13)19-11-9(10(7)16)14-12(15-11)18-3/h4-6H2,1-3H3,(H,14,15). The molecule has 0 aliphatic carbocycles. The van der Waals surface area contributed by atoms with E-state index in [0.717, 1.165) is 26.8 Å². The largest absolute Gasteiger partial charge is 0.369 e. The highest BCUT2D eigenvalue weighted by Gasteiger charge is 2.32. The van der Waals surface area contributed by atoms with E-state index in [1.807, 2.05) is 6.26 Å². The van der Waals surface area contributed by atoms with Crippen LogP contribution in [0, 0.1) is 0 Å². The SMILES string of the molecule is CCC1(C)Cc2c(sc3nc(SC)[nH]c3c2=O)CO1. The first-order valence-corrected chi connectivity index (χ1v) is 8.33. The molecule has 2 aromatic rings. The summed E-state index contributed by atoms with van der Waals surface area (Å²) >= 11 is 3.09. The predicted molar refractivity (Wildman–Crippen MR) is 79.2 cm³/mol. The quantitative estimate of drug-likeness (QED) is 0.866. The molecular formula is C13H16N2O2S2. The first-order valence-electron chi connectivity index (χ1n) is 6.29. The van der Waals surface area contributed by atoms with Gasteiger partial charge in [-0.15, -0.1) is 11.3 Å². The molecular weight excluding hydrogens is 280 g/mol. The van der Waals surface area contributed by atoms with Crippen LogP contribution >= 0.6 is 23.1 Å². The number of aromatic nitrogens is 2. The number of thioether (sulfide) groups is 1. The molecule has 2 aromatic heterocycles. The Hall–Kier alpha value is -0.850. The lowest BCUT2D eigenvalue weighted by Gasteiger charge is -2.33. The van der Waals surface area contributed by atoms with Gasteiger partial charge in [-0.2, -0.15) is 0 Å². The summed E-state index contributed by atoms with van der Waals surface area (Å²) in [5.74, 6) is 0. The van der Waals surface area contributed by atoms with Gasteiger partial charge in [-0.25, -0.2) is 4.98 Å². The Morgan fingerprint density at radius 1 is 1.58 bits per heavy atom. The fraction of sp³-hybridized carbons (Fsp3) is 0.538. The van der Waals surface area contributed by atoms with Crippen LogP contribution in [-0.4, -0.2) is 21.8 Å². The number of nitrogens with zero attached hydrogens (tertiary/aromatic N) is 1. The van der Waals surface area contributed by atoms with Crippen molar-refractivity contribution in [2.24, 2.45) is 0 Å². The average molecular weight is 296 g/mol.